The smallest absolute Gasteiger partial charge is 0.275 e. The van der Waals surface area contributed by atoms with Gasteiger partial charge in [0.2, 0.25) is 0 Å². The standard InChI is InChI=1S/C16H18Cl2N4O/c1-3-4-5-22(2)15-10-19-14(9-20-15)16(23)21-13-7-11(17)6-12(18)8-13/h6-10H,3-5H2,1-2H3,(H,21,23). The number of benzene rings is 1. The van der Waals surface area contributed by atoms with Crippen molar-refractivity contribution in [3.05, 3.63) is 46.3 Å². The van der Waals surface area contributed by atoms with E-state index in [1.54, 1.807) is 24.4 Å². The van der Waals surface area contributed by atoms with E-state index in [-0.39, 0.29) is 11.6 Å². The molecule has 0 atom stereocenters. The fourth-order valence-corrected chi connectivity index (χ4v) is 2.49. The molecule has 2 aromatic rings. The highest BCUT2D eigenvalue weighted by molar-refractivity contribution is 6.35. The highest BCUT2D eigenvalue weighted by Gasteiger charge is 2.10. The second-order valence-corrected chi connectivity index (χ2v) is 6.02. The summed E-state index contributed by atoms with van der Waals surface area (Å²) in [5.74, 6) is 0.374. The van der Waals surface area contributed by atoms with Gasteiger partial charge in [-0.3, -0.25) is 4.79 Å². The number of anilines is 2. The topological polar surface area (TPSA) is 58.1 Å². The van der Waals surface area contributed by atoms with Crippen LogP contribution in [-0.2, 0) is 0 Å². The van der Waals surface area contributed by atoms with E-state index in [1.165, 1.54) is 6.20 Å². The van der Waals surface area contributed by atoms with Crippen molar-refractivity contribution in [1.82, 2.24) is 9.97 Å². The molecule has 1 amide bonds. The summed E-state index contributed by atoms with van der Waals surface area (Å²) in [6.07, 6.45) is 5.24. The summed E-state index contributed by atoms with van der Waals surface area (Å²) in [6, 6.07) is 4.83. The molecule has 0 unspecified atom stereocenters. The van der Waals surface area contributed by atoms with Crippen molar-refractivity contribution in [3.63, 3.8) is 0 Å². The monoisotopic (exact) mass is 352 g/mol. The van der Waals surface area contributed by atoms with Gasteiger partial charge in [-0.2, -0.15) is 0 Å². The molecule has 0 bridgehead atoms. The van der Waals surface area contributed by atoms with Crippen LogP contribution in [-0.4, -0.2) is 29.5 Å². The number of nitrogens with one attached hydrogen (secondary N) is 1. The molecule has 122 valence electrons. The molecule has 5 nitrogen and oxygen atoms in total. The lowest BCUT2D eigenvalue weighted by Gasteiger charge is -2.17. The Morgan fingerprint density at radius 2 is 1.87 bits per heavy atom. The molecule has 1 N–H and O–H groups in total. The first-order valence-corrected chi connectivity index (χ1v) is 8.06. The summed E-state index contributed by atoms with van der Waals surface area (Å²) >= 11 is 11.8. The van der Waals surface area contributed by atoms with Crippen LogP contribution in [0.25, 0.3) is 0 Å². The van der Waals surface area contributed by atoms with Crippen LogP contribution >= 0.6 is 23.2 Å². The highest BCUT2D eigenvalue weighted by Crippen LogP contribution is 2.22. The van der Waals surface area contributed by atoms with Gasteiger partial charge < -0.3 is 10.2 Å². The number of unbranched alkanes of at least 4 members (excludes halogenated alkanes) is 1. The van der Waals surface area contributed by atoms with Crippen molar-refractivity contribution < 1.29 is 4.79 Å². The average molecular weight is 353 g/mol. The predicted octanol–water partition coefficient (Wildman–Crippen LogP) is 4.27. The molecule has 0 radical (unpaired) electrons. The number of hydrogen-bond acceptors (Lipinski definition) is 4. The molecule has 7 heteroatoms. The third kappa shape index (κ3) is 5.08. The Hall–Kier alpha value is -1.85. The zero-order valence-electron chi connectivity index (χ0n) is 13.0. The molecule has 1 aromatic carbocycles. The normalized spacial score (nSPS) is 10.4. The van der Waals surface area contributed by atoms with Crippen LogP contribution in [0.15, 0.2) is 30.6 Å². The summed E-state index contributed by atoms with van der Waals surface area (Å²) in [5.41, 5.74) is 0.743. The van der Waals surface area contributed by atoms with Crippen LogP contribution in [0.3, 0.4) is 0 Å². The Balaban J connectivity index is 2.05. The van der Waals surface area contributed by atoms with E-state index < -0.39 is 0 Å². The second kappa shape index (κ2) is 8.13. The van der Waals surface area contributed by atoms with Crippen LogP contribution in [0.2, 0.25) is 10.0 Å². The lowest BCUT2D eigenvalue weighted by Crippen LogP contribution is -2.21. The predicted molar refractivity (Wildman–Crippen MR) is 94.6 cm³/mol. The maximum Gasteiger partial charge on any atom is 0.275 e. The molecular weight excluding hydrogens is 335 g/mol. The summed E-state index contributed by atoms with van der Waals surface area (Å²) < 4.78 is 0. The maximum absolute atomic E-state index is 12.2. The first kappa shape index (κ1) is 17.5. The molecule has 0 fully saturated rings. The zero-order valence-corrected chi connectivity index (χ0v) is 14.5. The quantitative estimate of drug-likeness (QED) is 0.843. The largest absolute Gasteiger partial charge is 0.358 e. The van der Waals surface area contributed by atoms with E-state index in [4.69, 9.17) is 23.2 Å². The molecule has 23 heavy (non-hydrogen) atoms. The third-order valence-electron chi connectivity index (χ3n) is 3.23. The van der Waals surface area contributed by atoms with Gasteiger partial charge in [-0.05, 0) is 24.6 Å². The van der Waals surface area contributed by atoms with Gasteiger partial charge >= 0.3 is 0 Å². The van der Waals surface area contributed by atoms with Crippen molar-refractivity contribution in [1.29, 1.82) is 0 Å². The van der Waals surface area contributed by atoms with E-state index in [2.05, 4.69) is 22.2 Å². The average Bonchev–Trinajstić information content (AvgIpc) is 2.51. The minimum atomic E-state index is -0.362. The summed E-state index contributed by atoms with van der Waals surface area (Å²) in [7, 11) is 1.95. The van der Waals surface area contributed by atoms with Crippen molar-refractivity contribution in [2.24, 2.45) is 0 Å². The Morgan fingerprint density at radius 3 is 2.43 bits per heavy atom. The Morgan fingerprint density at radius 1 is 1.17 bits per heavy atom. The summed E-state index contributed by atoms with van der Waals surface area (Å²) in [6.45, 7) is 3.03. The van der Waals surface area contributed by atoms with Crippen molar-refractivity contribution in [2.45, 2.75) is 19.8 Å². The number of carbonyl (C=O) groups excluding carboxylic acids is 1. The van der Waals surface area contributed by atoms with Crippen LogP contribution in [0, 0.1) is 0 Å². The molecule has 0 aliphatic heterocycles. The first-order chi connectivity index (χ1) is 11.0. The molecule has 2 rings (SSSR count). The summed E-state index contributed by atoms with van der Waals surface area (Å²) in [4.78, 5) is 22.6. The van der Waals surface area contributed by atoms with Gasteiger partial charge in [-0.1, -0.05) is 36.5 Å². The number of rotatable bonds is 6. The van der Waals surface area contributed by atoms with Gasteiger partial charge in [0.1, 0.15) is 11.5 Å². The number of hydrogen-bond donors (Lipinski definition) is 1. The fourth-order valence-electron chi connectivity index (χ4n) is 1.97. The van der Waals surface area contributed by atoms with E-state index in [0.717, 1.165) is 25.2 Å². The van der Waals surface area contributed by atoms with Crippen LogP contribution in [0.1, 0.15) is 30.3 Å². The highest BCUT2D eigenvalue weighted by atomic mass is 35.5. The summed E-state index contributed by atoms with van der Waals surface area (Å²) in [5, 5.41) is 3.60. The maximum atomic E-state index is 12.2. The SMILES string of the molecule is CCCCN(C)c1cnc(C(=O)Nc2cc(Cl)cc(Cl)c2)cn1. The lowest BCUT2D eigenvalue weighted by molar-refractivity contribution is 0.102. The van der Waals surface area contributed by atoms with Gasteiger partial charge in [-0.15, -0.1) is 0 Å². The van der Waals surface area contributed by atoms with Gasteiger partial charge in [0, 0.05) is 29.3 Å². The molecule has 0 aliphatic carbocycles. The van der Waals surface area contributed by atoms with Gasteiger partial charge in [0.05, 0.1) is 12.4 Å². The van der Waals surface area contributed by atoms with Crippen molar-refractivity contribution >= 4 is 40.6 Å². The van der Waals surface area contributed by atoms with Crippen molar-refractivity contribution in [2.75, 3.05) is 23.8 Å². The molecule has 1 heterocycles. The Labute approximate surface area is 145 Å². The van der Waals surface area contributed by atoms with Crippen LogP contribution < -0.4 is 10.2 Å². The number of nitrogens with zero attached hydrogens (tertiary/aromatic N) is 3. The van der Waals surface area contributed by atoms with E-state index in [0.29, 0.717) is 15.7 Å². The lowest BCUT2D eigenvalue weighted by atomic mass is 10.3. The van der Waals surface area contributed by atoms with Crippen LogP contribution in [0.5, 0.6) is 0 Å². The number of aromatic nitrogens is 2. The Bertz CT molecular complexity index is 656. The van der Waals surface area contributed by atoms with Crippen LogP contribution in [0.4, 0.5) is 11.5 Å². The minimum absolute atomic E-state index is 0.230. The van der Waals surface area contributed by atoms with E-state index in [9.17, 15) is 4.79 Å². The molecule has 0 aliphatic rings. The fraction of sp³-hybridized carbons (Fsp3) is 0.312. The second-order valence-electron chi connectivity index (χ2n) is 5.15. The van der Waals surface area contributed by atoms with E-state index in [1.807, 2.05) is 11.9 Å². The van der Waals surface area contributed by atoms with Gasteiger partial charge in [0.25, 0.3) is 5.91 Å². The number of amides is 1. The molecular formula is C16H18Cl2N4O. The molecule has 1 aromatic heterocycles. The number of halogens is 2. The first-order valence-electron chi connectivity index (χ1n) is 7.30. The van der Waals surface area contributed by atoms with E-state index >= 15 is 0 Å². The van der Waals surface area contributed by atoms with Gasteiger partial charge in [0.15, 0.2) is 0 Å². The molecule has 0 spiro atoms. The molecule has 0 saturated carbocycles. The molecule has 0 saturated heterocycles. The Kier molecular flexibility index (Phi) is 6.19. The zero-order chi connectivity index (χ0) is 16.8. The third-order valence-corrected chi connectivity index (χ3v) is 3.67. The van der Waals surface area contributed by atoms with Crippen molar-refractivity contribution in [3.8, 4) is 0 Å². The minimum Gasteiger partial charge on any atom is -0.358 e. The van der Waals surface area contributed by atoms with Gasteiger partial charge in [-0.25, -0.2) is 9.97 Å². The number of carbonyl (C=O) groups is 1.